The Bertz CT molecular complexity index is 970. The van der Waals surface area contributed by atoms with Gasteiger partial charge in [0.15, 0.2) is 0 Å². The number of methoxy groups -OCH3 is 1. The van der Waals surface area contributed by atoms with Gasteiger partial charge in [0.1, 0.15) is 12.3 Å². The Morgan fingerprint density at radius 3 is 2.55 bits per heavy atom. The van der Waals surface area contributed by atoms with Gasteiger partial charge in [-0.05, 0) is 5.56 Å². The van der Waals surface area contributed by atoms with Crippen LogP contribution in [0.5, 0.6) is 5.88 Å². The highest BCUT2D eigenvalue weighted by Crippen LogP contribution is 2.31. The molecule has 2 aromatic heterocycles. The molecule has 0 spiro atoms. The zero-order valence-corrected chi connectivity index (χ0v) is 16.7. The van der Waals surface area contributed by atoms with Crippen molar-refractivity contribution < 1.29 is 18.8 Å². The van der Waals surface area contributed by atoms with E-state index in [4.69, 9.17) is 19.7 Å². The Balaban J connectivity index is 1.83. The molecule has 0 bridgehead atoms. The number of carbonyl (C=O) groups excluding carboxylic acids is 1. The van der Waals surface area contributed by atoms with Crippen molar-refractivity contribution in [1.82, 2.24) is 15.1 Å². The third kappa shape index (κ3) is 4.97. The molecule has 8 heteroatoms. The summed E-state index contributed by atoms with van der Waals surface area (Å²) in [6.45, 7) is 4.68. The molecule has 0 aliphatic heterocycles. The zero-order valence-electron chi connectivity index (χ0n) is 16.7. The number of benzene rings is 1. The lowest BCUT2D eigenvalue weighted by atomic mass is 9.80. The van der Waals surface area contributed by atoms with Crippen LogP contribution in [0.15, 0.2) is 47.0 Å². The molecule has 1 amide bonds. The minimum Gasteiger partial charge on any atom is -0.475 e. The number of rotatable bonds is 9. The predicted octanol–water partition coefficient (Wildman–Crippen LogP) is 2.78. The smallest absolute Gasteiger partial charge is 0.267 e. The van der Waals surface area contributed by atoms with Crippen LogP contribution in [-0.4, -0.2) is 41.4 Å². The third-order valence-corrected chi connectivity index (χ3v) is 4.46. The van der Waals surface area contributed by atoms with Crippen molar-refractivity contribution in [2.24, 2.45) is 5.73 Å². The molecule has 0 aliphatic carbocycles. The lowest BCUT2D eigenvalue weighted by Crippen LogP contribution is -2.27. The monoisotopic (exact) mass is 396 g/mol. The summed E-state index contributed by atoms with van der Waals surface area (Å²) in [6, 6.07) is 13.1. The van der Waals surface area contributed by atoms with Gasteiger partial charge in [0.2, 0.25) is 17.6 Å². The molecule has 0 unspecified atom stereocenters. The Kier molecular flexibility index (Phi) is 6.23. The van der Waals surface area contributed by atoms with Crippen molar-refractivity contribution in [3.8, 4) is 17.3 Å². The van der Waals surface area contributed by atoms with Gasteiger partial charge < -0.3 is 19.7 Å². The van der Waals surface area contributed by atoms with Gasteiger partial charge in [0, 0.05) is 30.6 Å². The van der Waals surface area contributed by atoms with E-state index in [2.05, 4.69) is 15.1 Å². The van der Waals surface area contributed by atoms with Crippen LogP contribution in [0.2, 0.25) is 0 Å². The molecular formula is C21H24N4O4. The van der Waals surface area contributed by atoms with E-state index in [0.717, 1.165) is 5.56 Å². The van der Waals surface area contributed by atoms with Gasteiger partial charge in [0.25, 0.3) is 5.91 Å². The molecule has 0 aliphatic rings. The summed E-state index contributed by atoms with van der Waals surface area (Å²) < 4.78 is 15.9. The average Bonchev–Trinajstić information content (AvgIpc) is 3.16. The molecule has 0 atom stereocenters. The molecule has 29 heavy (non-hydrogen) atoms. The van der Waals surface area contributed by atoms with Gasteiger partial charge in [-0.2, -0.15) is 4.98 Å². The van der Waals surface area contributed by atoms with E-state index in [9.17, 15) is 4.79 Å². The van der Waals surface area contributed by atoms with Crippen molar-refractivity contribution in [1.29, 1.82) is 0 Å². The summed E-state index contributed by atoms with van der Waals surface area (Å²) in [5.41, 5.74) is 6.77. The van der Waals surface area contributed by atoms with Crippen LogP contribution >= 0.6 is 0 Å². The SMILES string of the molecule is COCCOc1ccc(C(C)(C)Cc2nc(-c3ccccc3)no2)c(C(N)=O)n1. The van der Waals surface area contributed by atoms with E-state index in [1.165, 1.54) is 0 Å². The quantitative estimate of drug-likeness (QED) is 0.553. The van der Waals surface area contributed by atoms with Crippen molar-refractivity contribution in [3.63, 3.8) is 0 Å². The summed E-state index contributed by atoms with van der Waals surface area (Å²) in [5, 5.41) is 4.05. The van der Waals surface area contributed by atoms with Crippen LogP contribution in [0, 0.1) is 0 Å². The van der Waals surface area contributed by atoms with Crippen molar-refractivity contribution in [2.75, 3.05) is 20.3 Å². The van der Waals surface area contributed by atoms with Crippen LogP contribution in [0.4, 0.5) is 0 Å². The second-order valence-corrected chi connectivity index (χ2v) is 7.19. The van der Waals surface area contributed by atoms with Gasteiger partial charge in [-0.25, -0.2) is 4.98 Å². The fraction of sp³-hybridized carbons (Fsp3) is 0.333. The lowest BCUT2D eigenvalue weighted by Gasteiger charge is -2.25. The van der Waals surface area contributed by atoms with Gasteiger partial charge in [-0.1, -0.05) is 55.4 Å². The first-order valence-corrected chi connectivity index (χ1v) is 9.22. The van der Waals surface area contributed by atoms with Crippen LogP contribution in [0.25, 0.3) is 11.4 Å². The molecule has 3 rings (SSSR count). The predicted molar refractivity (Wildman–Crippen MR) is 107 cm³/mol. The molecule has 1 aromatic carbocycles. The van der Waals surface area contributed by atoms with Crippen molar-refractivity contribution in [3.05, 3.63) is 59.6 Å². The van der Waals surface area contributed by atoms with E-state index in [-0.39, 0.29) is 5.69 Å². The summed E-state index contributed by atoms with van der Waals surface area (Å²) in [6.07, 6.45) is 0.415. The van der Waals surface area contributed by atoms with Gasteiger partial charge >= 0.3 is 0 Å². The van der Waals surface area contributed by atoms with Crippen LogP contribution in [-0.2, 0) is 16.6 Å². The van der Waals surface area contributed by atoms with Crippen LogP contribution in [0.1, 0.15) is 35.8 Å². The number of pyridine rings is 1. The fourth-order valence-electron chi connectivity index (χ4n) is 2.99. The molecule has 0 saturated carbocycles. The van der Waals surface area contributed by atoms with E-state index in [1.807, 2.05) is 44.2 Å². The molecule has 8 nitrogen and oxygen atoms in total. The number of nitrogens with two attached hydrogens (primary N) is 1. The highest BCUT2D eigenvalue weighted by atomic mass is 16.5. The van der Waals surface area contributed by atoms with Crippen molar-refractivity contribution in [2.45, 2.75) is 25.7 Å². The maximum Gasteiger partial charge on any atom is 0.267 e. The van der Waals surface area contributed by atoms with Crippen LogP contribution in [0.3, 0.4) is 0 Å². The third-order valence-electron chi connectivity index (χ3n) is 4.46. The number of nitrogens with zero attached hydrogens (tertiary/aromatic N) is 3. The normalized spacial score (nSPS) is 11.4. The molecule has 0 radical (unpaired) electrons. The first-order chi connectivity index (χ1) is 13.9. The Hall–Kier alpha value is -3.26. The van der Waals surface area contributed by atoms with Gasteiger partial charge in [0.05, 0.1) is 6.61 Å². The average molecular weight is 396 g/mol. The highest BCUT2D eigenvalue weighted by molar-refractivity contribution is 5.92. The minimum atomic E-state index is -0.624. The largest absolute Gasteiger partial charge is 0.475 e. The van der Waals surface area contributed by atoms with E-state index >= 15 is 0 Å². The Morgan fingerprint density at radius 1 is 1.10 bits per heavy atom. The number of carbonyl (C=O) groups is 1. The summed E-state index contributed by atoms with van der Waals surface area (Å²) in [5.74, 6) is 0.677. The van der Waals surface area contributed by atoms with E-state index in [1.54, 1.807) is 19.2 Å². The second kappa shape index (κ2) is 8.83. The Labute approximate surface area is 169 Å². The number of aromatic nitrogens is 3. The van der Waals surface area contributed by atoms with E-state index < -0.39 is 11.3 Å². The number of hydrogen-bond donors (Lipinski definition) is 1. The second-order valence-electron chi connectivity index (χ2n) is 7.19. The van der Waals surface area contributed by atoms with Gasteiger partial charge in [-0.3, -0.25) is 4.79 Å². The van der Waals surface area contributed by atoms with E-state index in [0.29, 0.717) is 42.8 Å². The summed E-state index contributed by atoms with van der Waals surface area (Å²) in [7, 11) is 1.58. The van der Waals surface area contributed by atoms with Gasteiger partial charge in [-0.15, -0.1) is 0 Å². The first-order valence-electron chi connectivity index (χ1n) is 9.22. The molecule has 0 saturated heterocycles. The number of ether oxygens (including phenoxy) is 2. The summed E-state index contributed by atoms with van der Waals surface area (Å²) in [4.78, 5) is 20.8. The molecule has 2 heterocycles. The molecule has 2 N–H and O–H groups in total. The minimum absolute atomic E-state index is 0.160. The number of amides is 1. The number of primary amides is 1. The standard InChI is InChI=1S/C21H24N4O4/c1-21(2,13-17-24-20(25-29-17)14-7-5-4-6-8-14)15-9-10-16(28-12-11-27-3)23-18(15)19(22)26/h4-10H,11-13H2,1-3H3,(H2,22,26). The maximum atomic E-state index is 12.0. The zero-order chi connectivity index (χ0) is 20.9. The molecular weight excluding hydrogens is 372 g/mol. The van der Waals surface area contributed by atoms with Crippen LogP contribution < -0.4 is 10.5 Å². The number of hydrogen-bond acceptors (Lipinski definition) is 7. The molecule has 3 aromatic rings. The highest BCUT2D eigenvalue weighted by Gasteiger charge is 2.30. The topological polar surface area (TPSA) is 113 Å². The first kappa shape index (κ1) is 20.5. The maximum absolute atomic E-state index is 12.0. The molecule has 0 fully saturated rings. The lowest BCUT2D eigenvalue weighted by molar-refractivity contribution is 0.0990. The summed E-state index contributed by atoms with van der Waals surface area (Å²) >= 11 is 0. The van der Waals surface area contributed by atoms with Crippen molar-refractivity contribution >= 4 is 5.91 Å². The Morgan fingerprint density at radius 2 is 1.86 bits per heavy atom. The fourth-order valence-corrected chi connectivity index (χ4v) is 2.99. The molecule has 152 valence electrons.